The molecule has 8 heteroatoms. The van der Waals surface area contributed by atoms with E-state index in [1.165, 1.54) is 23.9 Å². The quantitative estimate of drug-likeness (QED) is 0.212. The molecule has 6 nitrogen and oxygen atoms in total. The number of aromatic carboxylic acids is 1. The lowest BCUT2D eigenvalue weighted by atomic mass is 10.1. The van der Waals surface area contributed by atoms with Gasteiger partial charge in [0.1, 0.15) is 5.25 Å². The van der Waals surface area contributed by atoms with Gasteiger partial charge in [0.15, 0.2) is 0 Å². The molecule has 0 aromatic heterocycles. The molecule has 1 unspecified atom stereocenters. The Morgan fingerprint density at radius 3 is 2.19 bits per heavy atom. The molecule has 0 fully saturated rings. The zero-order valence-electron chi connectivity index (χ0n) is 19.8. The summed E-state index contributed by atoms with van der Waals surface area (Å²) < 4.78 is 0. The second kappa shape index (κ2) is 11.8. The van der Waals surface area contributed by atoms with Gasteiger partial charge in [-0.25, -0.2) is 4.79 Å². The fourth-order valence-electron chi connectivity index (χ4n) is 3.62. The number of aryl methyl sites for hydroxylation is 1. The van der Waals surface area contributed by atoms with Gasteiger partial charge in [0.2, 0.25) is 5.91 Å². The van der Waals surface area contributed by atoms with E-state index < -0.39 is 11.2 Å². The molecular formula is C29H23ClN2O4S. The monoisotopic (exact) mass is 530 g/mol. The Labute approximate surface area is 223 Å². The van der Waals surface area contributed by atoms with Crippen LogP contribution in [0.2, 0.25) is 5.02 Å². The zero-order chi connectivity index (χ0) is 26.4. The van der Waals surface area contributed by atoms with Gasteiger partial charge in [0.25, 0.3) is 5.91 Å². The van der Waals surface area contributed by atoms with Crippen LogP contribution < -0.4 is 10.6 Å². The van der Waals surface area contributed by atoms with E-state index in [2.05, 4.69) is 10.6 Å². The standard InChI is InChI=1S/C29H23ClN2O4S/c1-18-6-5-9-20(16-18)27(33)31-21-10-13-23(14-11-21)37-26(19-7-3-2-4-8-19)28(34)32-22-12-15-25(30)24(17-22)29(35)36/h2-17,26H,1H3,(H,31,33)(H,32,34)(H,35,36). The molecule has 1 atom stereocenters. The van der Waals surface area contributed by atoms with Crippen LogP contribution in [0.3, 0.4) is 0 Å². The third-order valence-electron chi connectivity index (χ3n) is 5.45. The molecule has 4 rings (SSSR count). The third-order valence-corrected chi connectivity index (χ3v) is 7.05. The molecule has 3 N–H and O–H groups in total. The Kier molecular flexibility index (Phi) is 8.28. The molecule has 0 spiro atoms. The van der Waals surface area contributed by atoms with Crippen LogP contribution >= 0.6 is 23.4 Å². The molecule has 186 valence electrons. The number of carbonyl (C=O) groups is 3. The predicted molar refractivity (Wildman–Crippen MR) is 148 cm³/mol. The summed E-state index contributed by atoms with van der Waals surface area (Å²) in [5, 5.41) is 14.5. The number of carboxylic acid groups (broad SMARTS) is 1. The van der Waals surface area contributed by atoms with Crippen molar-refractivity contribution in [3.8, 4) is 0 Å². The smallest absolute Gasteiger partial charge is 0.337 e. The van der Waals surface area contributed by atoms with Gasteiger partial charge in [-0.05, 0) is 67.1 Å². The maximum atomic E-state index is 13.3. The first-order valence-electron chi connectivity index (χ1n) is 11.3. The van der Waals surface area contributed by atoms with Crippen LogP contribution in [0.15, 0.2) is 102 Å². The number of benzene rings is 4. The van der Waals surface area contributed by atoms with E-state index in [1.54, 1.807) is 24.3 Å². The summed E-state index contributed by atoms with van der Waals surface area (Å²) in [7, 11) is 0. The third kappa shape index (κ3) is 6.78. The van der Waals surface area contributed by atoms with Crippen molar-refractivity contribution < 1.29 is 19.5 Å². The highest BCUT2D eigenvalue weighted by molar-refractivity contribution is 8.00. The van der Waals surface area contributed by atoms with E-state index in [-0.39, 0.29) is 22.4 Å². The van der Waals surface area contributed by atoms with E-state index in [9.17, 15) is 19.5 Å². The SMILES string of the molecule is Cc1cccc(C(=O)Nc2ccc(SC(C(=O)Nc3ccc(Cl)c(C(=O)O)c3)c3ccccc3)cc2)c1. The molecule has 0 aliphatic rings. The highest BCUT2D eigenvalue weighted by Crippen LogP contribution is 2.37. The second-order valence-electron chi connectivity index (χ2n) is 8.25. The van der Waals surface area contributed by atoms with Gasteiger partial charge in [-0.2, -0.15) is 0 Å². The van der Waals surface area contributed by atoms with Gasteiger partial charge >= 0.3 is 5.97 Å². The van der Waals surface area contributed by atoms with Crippen molar-refractivity contribution in [3.63, 3.8) is 0 Å². The van der Waals surface area contributed by atoms with Crippen molar-refractivity contribution in [1.82, 2.24) is 0 Å². The fraction of sp³-hybridized carbons (Fsp3) is 0.0690. The summed E-state index contributed by atoms with van der Waals surface area (Å²) in [6.45, 7) is 1.93. The lowest BCUT2D eigenvalue weighted by Gasteiger charge is -2.18. The first-order valence-corrected chi connectivity index (χ1v) is 12.6. The molecule has 0 saturated heterocycles. The topological polar surface area (TPSA) is 95.5 Å². The van der Waals surface area contributed by atoms with Gasteiger partial charge in [-0.15, -0.1) is 11.8 Å². The average Bonchev–Trinajstić information content (AvgIpc) is 2.89. The van der Waals surface area contributed by atoms with Crippen molar-refractivity contribution in [1.29, 1.82) is 0 Å². The second-order valence-corrected chi connectivity index (χ2v) is 9.83. The first kappa shape index (κ1) is 26.0. The molecule has 0 bridgehead atoms. The molecule has 4 aromatic carbocycles. The van der Waals surface area contributed by atoms with Crippen LogP contribution in [-0.2, 0) is 4.79 Å². The van der Waals surface area contributed by atoms with Gasteiger partial charge in [0, 0.05) is 21.8 Å². The van der Waals surface area contributed by atoms with Crippen LogP contribution in [0.25, 0.3) is 0 Å². The Morgan fingerprint density at radius 2 is 1.51 bits per heavy atom. The molecule has 2 amide bonds. The fourth-order valence-corrected chi connectivity index (χ4v) is 4.84. The molecule has 4 aromatic rings. The number of thioether (sulfide) groups is 1. The molecular weight excluding hydrogens is 508 g/mol. The average molecular weight is 531 g/mol. The lowest BCUT2D eigenvalue weighted by molar-refractivity contribution is -0.115. The zero-order valence-corrected chi connectivity index (χ0v) is 21.3. The predicted octanol–water partition coefficient (Wildman–Crippen LogP) is 7.07. The molecule has 0 aliphatic carbocycles. The van der Waals surface area contributed by atoms with E-state index in [0.29, 0.717) is 16.9 Å². The van der Waals surface area contributed by atoms with Gasteiger partial charge < -0.3 is 15.7 Å². The minimum absolute atomic E-state index is 0.0910. The Morgan fingerprint density at radius 1 is 0.811 bits per heavy atom. The van der Waals surface area contributed by atoms with Crippen molar-refractivity contribution in [2.75, 3.05) is 10.6 Å². The van der Waals surface area contributed by atoms with Crippen LogP contribution in [0.5, 0.6) is 0 Å². The molecule has 0 aliphatic heterocycles. The summed E-state index contributed by atoms with van der Waals surface area (Å²) in [5.41, 5.74) is 3.25. The summed E-state index contributed by atoms with van der Waals surface area (Å²) in [6.07, 6.45) is 0. The number of rotatable bonds is 8. The summed E-state index contributed by atoms with van der Waals surface area (Å²) in [4.78, 5) is 38.1. The molecule has 37 heavy (non-hydrogen) atoms. The molecule has 0 saturated carbocycles. The highest BCUT2D eigenvalue weighted by Gasteiger charge is 2.23. The van der Waals surface area contributed by atoms with Gasteiger partial charge in [0.05, 0.1) is 10.6 Å². The molecule has 0 radical (unpaired) electrons. The van der Waals surface area contributed by atoms with Crippen LogP contribution in [-0.4, -0.2) is 22.9 Å². The summed E-state index contributed by atoms with van der Waals surface area (Å²) in [6, 6.07) is 28.2. The summed E-state index contributed by atoms with van der Waals surface area (Å²) in [5.74, 6) is -1.69. The van der Waals surface area contributed by atoms with E-state index in [1.807, 2.05) is 67.6 Å². The number of anilines is 2. The number of carboxylic acids is 1. The van der Waals surface area contributed by atoms with Crippen molar-refractivity contribution in [2.45, 2.75) is 17.1 Å². The van der Waals surface area contributed by atoms with E-state index >= 15 is 0 Å². The minimum atomic E-state index is -1.18. The molecule has 0 heterocycles. The number of hydrogen-bond acceptors (Lipinski definition) is 4. The number of carbonyl (C=O) groups excluding carboxylic acids is 2. The number of halogens is 1. The Bertz CT molecular complexity index is 1440. The Hall–Kier alpha value is -4.07. The maximum absolute atomic E-state index is 13.3. The van der Waals surface area contributed by atoms with Crippen LogP contribution in [0.4, 0.5) is 11.4 Å². The highest BCUT2D eigenvalue weighted by atomic mass is 35.5. The van der Waals surface area contributed by atoms with Gasteiger partial charge in [-0.1, -0.05) is 59.6 Å². The maximum Gasteiger partial charge on any atom is 0.337 e. The normalized spacial score (nSPS) is 11.4. The lowest BCUT2D eigenvalue weighted by Crippen LogP contribution is -2.19. The first-order chi connectivity index (χ1) is 17.8. The van der Waals surface area contributed by atoms with Crippen molar-refractivity contribution in [3.05, 3.63) is 124 Å². The van der Waals surface area contributed by atoms with Gasteiger partial charge in [-0.3, -0.25) is 9.59 Å². The minimum Gasteiger partial charge on any atom is -0.478 e. The number of amides is 2. The van der Waals surface area contributed by atoms with E-state index in [0.717, 1.165) is 16.0 Å². The van der Waals surface area contributed by atoms with Crippen LogP contribution in [0, 0.1) is 6.92 Å². The largest absolute Gasteiger partial charge is 0.478 e. The number of hydrogen-bond donors (Lipinski definition) is 3. The van der Waals surface area contributed by atoms with Crippen molar-refractivity contribution >= 4 is 52.5 Å². The summed E-state index contributed by atoms with van der Waals surface area (Å²) >= 11 is 7.30. The van der Waals surface area contributed by atoms with Crippen molar-refractivity contribution in [2.24, 2.45) is 0 Å². The number of nitrogens with one attached hydrogen (secondary N) is 2. The Balaban J connectivity index is 1.51. The van der Waals surface area contributed by atoms with E-state index in [4.69, 9.17) is 11.6 Å². The van der Waals surface area contributed by atoms with Crippen LogP contribution in [0.1, 0.15) is 37.1 Å².